The van der Waals surface area contributed by atoms with Gasteiger partial charge in [-0.15, -0.1) is 0 Å². The van der Waals surface area contributed by atoms with E-state index in [4.69, 9.17) is 9.15 Å². The van der Waals surface area contributed by atoms with Crippen LogP contribution in [-0.4, -0.2) is 40.5 Å². The van der Waals surface area contributed by atoms with Crippen LogP contribution in [0.3, 0.4) is 0 Å². The van der Waals surface area contributed by atoms with Gasteiger partial charge in [-0.25, -0.2) is 9.78 Å². The molecule has 0 aliphatic rings. The first-order chi connectivity index (χ1) is 10.8. The fourth-order valence-electron chi connectivity index (χ4n) is 2.06. The van der Waals surface area contributed by atoms with Gasteiger partial charge in [-0.3, -0.25) is 4.79 Å². The van der Waals surface area contributed by atoms with Gasteiger partial charge in [0.05, 0.1) is 6.54 Å². The zero-order chi connectivity index (χ0) is 17.0. The number of benzene rings is 1. The Kier molecular flexibility index (Phi) is 5.03. The molecule has 1 aromatic heterocycles. The summed E-state index contributed by atoms with van der Waals surface area (Å²) < 4.78 is 10.8. The minimum atomic E-state index is -0.607. The summed E-state index contributed by atoms with van der Waals surface area (Å²) in [6.07, 6.45) is 0.212. The summed E-state index contributed by atoms with van der Waals surface area (Å²) >= 11 is 0. The first kappa shape index (κ1) is 17.0. The Labute approximate surface area is 135 Å². The van der Waals surface area contributed by atoms with Gasteiger partial charge in [-0.2, -0.15) is 0 Å². The van der Waals surface area contributed by atoms with Gasteiger partial charge in [0.1, 0.15) is 11.1 Å². The number of nitrogens with zero attached hydrogens (tertiary/aromatic N) is 2. The number of aromatic nitrogens is 1. The summed E-state index contributed by atoms with van der Waals surface area (Å²) in [5.74, 6) is -0.337. The van der Waals surface area contributed by atoms with Crippen LogP contribution in [0.25, 0.3) is 11.1 Å². The van der Waals surface area contributed by atoms with Crippen LogP contribution in [0.2, 0.25) is 0 Å². The predicted molar refractivity (Wildman–Crippen MR) is 86.4 cm³/mol. The van der Waals surface area contributed by atoms with Gasteiger partial charge in [0.15, 0.2) is 5.58 Å². The number of para-hydroxylation sites is 2. The lowest BCUT2D eigenvalue weighted by molar-refractivity contribution is 0.0245. The molecule has 124 valence electrons. The zero-order valence-corrected chi connectivity index (χ0v) is 14.0. The molecule has 1 heterocycles. The third-order valence-corrected chi connectivity index (χ3v) is 3.01. The summed E-state index contributed by atoms with van der Waals surface area (Å²) in [6.45, 7) is 7.62. The molecule has 0 N–H and O–H groups in total. The number of oxazole rings is 1. The van der Waals surface area contributed by atoms with E-state index in [9.17, 15) is 9.59 Å². The molecule has 0 spiro atoms. The topological polar surface area (TPSA) is 72.6 Å². The maximum Gasteiger partial charge on any atom is 0.410 e. The lowest BCUT2D eigenvalue weighted by Gasteiger charge is -2.26. The molecule has 0 saturated heterocycles. The minimum absolute atomic E-state index is 0.0101. The lowest BCUT2D eigenvalue weighted by atomic mass is 10.2. The number of ether oxygens (including phenoxy) is 1. The van der Waals surface area contributed by atoms with Crippen LogP contribution in [0.4, 0.5) is 4.79 Å². The average molecular weight is 318 g/mol. The second-order valence-electron chi connectivity index (χ2n) is 6.31. The highest BCUT2D eigenvalue weighted by Gasteiger charge is 2.25. The number of hydrogen-bond acceptors (Lipinski definition) is 5. The summed E-state index contributed by atoms with van der Waals surface area (Å²) in [5.41, 5.74) is 0.564. The molecular weight excluding hydrogens is 296 g/mol. The number of ketones is 1. The molecule has 6 nitrogen and oxygen atoms in total. The highest BCUT2D eigenvalue weighted by Crippen LogP contribution is 2.16. The Bertz CT molecular complexity index is 667. The summed E-state index contributed by atoms with van der Waals surface area (Å²) in [5, 5.41) is 0. The number of rotatable bonds is 5. The molecule has 0 aliphatic carbocycles. The molecule has 0 bridgehead atoms. The number of hydrogen-bond donors (Lipinski definition) is 0. The van der Waals surface area contributed by atoms with E-state index in [1.165, 1.54) is 4.90 Å². The fourth-order valence-corrected chi connectivity index (χ4v) is 2.06. The summed E-state index contributed by atoms with van der Waals surface area (Å²) in [4.78, 5) is 30.1. The van der Waals surface area contributed by atoms with Crippen LogP contribution in [-0.2, 0) is 4.74 Å². The normalized spacial score (nSPS) is 11.5. The number of amides is 1. The molecule has 2 rings (SSSR count). The van der Waals surface area contributed by atoms with Crippen LogP contribution >= 0.6 is 0 Å². The van der Waals surface area contributed by atoms with Crippen molar-refractivity contribution in [1.82, 2.24) is 9.88 Å². The van der Waals surface area contributed by atoms with E-state index in [1.54, 1.807) is 32.9 Å². The Morgan fingerprint density at radius 2 is 1.96 bits per heavy atom. The van der Waals surface area contributed by atoms with Crippen molar-refractivity contribution >= 4 is 23.0 Å². The lowest BCUT2D eigenvalue weighted by Crippen LogP contribution is -2.40. The highest BCUT2D eigenvalue weighted by molar-refractivity contribution is 5.96. The third kappa shape index (κ3) is 4.55. The molecule has 0 fully saturated rings. The van der Waals surface area contributed by atoms with Gasteiger partial charge in [0, 0.05) is 6.54 Å². The van der Waals surface area contributed by atoms with Gasteiger partial charge in [0.2, 0.25) is 5.78 Å². The van der Waals surface area contributed by atoms with Crippen molar-refractivity contribution in [2.45, 2.75) is 39.7 Å². The van der Waals surface area contributed by atoms with E-state index in [0.29, 0.717) is 17.6 Å². The van der Waals surface area contributed by atoms with E-state index in [2.05, 4.69) is 4.98 Å². The van der Waals surface area contributed by atoms with Gasteiger partial charge < -0.3 is 14.1 Å². The van der Waals surface area contributed by atoms with Crippen LogP contribution in [0.15, 0.2) is 28.7 Å². The van der Waals surface area contributed by atoms with Crippen molar-refractivity contribution in [3.63, 3.8) is 0 Å². The predicted octanol–water partition coefficient (Wildman–Crippen LogP) is 3.66. The molecule has 1 aromatic carbocycles. The number of carbonyl (C=O) groups excluding carboxylic acids is 2. The Morgan fingerprint density at radius 1 is 1.26 bits per heavy atom. The van der Waals surface area contributed by atoms with Crippen molar-refractivity contribution in [3.8, 4) is 0 Å². The smallest absolute Gasteiger partial charge is 0.410 e. The van der Waals surface area contributed by atoms with E-state index in [-0.39, 0.29) is 18.2 Å². The van der Waals surface area contributed by atoms with Crippen LogP contribution in [0.1, 0.15) is 44.8 Å². The largest absolute Gasteiger partial charge is 0.444 e. The van der Waals surface area contributed by atoms with Gasteiger partial charge in [-0.1, -0.05) is 19.1 Å². The quantitative estimate of drug-likeness (QED) is 0.787. The van der Waals surface area contributed by atoms with E-state index >= 15 is 0 Å². The van der Waals surface area contributed by atoms with Crippen molar-refractivity contribution in [2.24, 2.45) is 0 Å². The molecule has 23 heavy (non-hydrogen) atoms. The molecule has 1 amide bonds. The zero-order valence-electron chi connectivity index (χ0n) is 14.0. The maximum absolute atomic E-state index is 12.4. The number of fused-ring (bicyclic) bond motifs is 1. The molecule has 6 heteroatoms. The summed E-state index contributed by atoms with van der Waals surface area (Å²) in [6, 6.07) is 7.15. The SMILES string of the molecule is CCCN(CC(=O)c1nc2ccccc2o1)C(=O)OC(C)(C)C. The molecule has 0 atom stereocenters. The van der Waals surface area contributed by atoms with Crippen molar-refractivity contribution in [2.75, 3.05) is 13.1 Å². The molecule has 2 aromatic rings. The first-order valence-corrected chi connectivity index (χ1v) is 7.67. The Morgan fingerprint density at radius 3 is 2.57 bits per heavy atom. The molecular formula is C17H22N2O4. The van der Waals surface area contributed by atoms with Crippen LogP contribution in [0.5, 0.6) is 0 Å². The van der Waals surface area contributed by atoms with Crippen LogP contribution < -0.4 is 0 Å². The monoisotopic (exact) mass is 318 g/mol. The van der Waals surface area contributed by atoms with Gasteiger partial charge in [0.25, 0.3) is 5.89 Å². The summed E-state index contributed by atoms with van der Waals surface area (Å²) in [7, 11) is 0. The fraction of sp³-hybridized carbons (Fsp3) is 0.471. The standard InChI is InChI=1S/C17H22N2O4/c1-5-10-19(16(21)23-17(2,3)4)11-13(20)15-18-12-8-6-7-9-14(12)22-15/h6-9H,5,10-11H2,1-4H3. The second kappa shape index (κ2) is 6.81. The Hall–Kier alpha value is -2.37. The first-order valence-electron chi connectivity index (χ1n) is 7.67. The number of Topliss-reactive ketones (excluding diaryl/α,β-unsaturated/α-hetero) is 1. The van der Waals surface area contributed by atoms with Crippen molar-refractivity contribution in [3.05, 3.63) is 30.2 Å². The molecule has 0 saturated carbocycles. The number of carbonyl (C=O) groups is 2. The Balaban J connectivity index is 2.12. The van der Waals surface area contributed by atoms with Crippen LogP contribution in [0, 0.1) is 0 Å². The molecule has 0 unspecified atom stereocenters. The molecule has 0 radical (unpaired) electrons. The average Bonchev–Trinajstić information content (AvgIpc) is 2.89. The molecule has 0 aliphatic heterocycles. The second-order valence-corrected chi connectivity index (χ2v) is 6.31. The van der Waals surface area contributed by atoms with E-state index < -0.39 is 11.7 Å². The highest BCUT2D eigenvalue weighted by atomic mass is 16.6. The van der Waals surface area contributed by atoms with Gasteiger partial charge >= 0.3 is 6.09 Å². The van der Waals surface area contributed by atoms with Crippen molar-refractivity contribution in [1.29, 1.82) is 0 Å². The van der Waals surface area contributed by atoms with E-state index in [1.807, 2.05) is 19.1 Å². The third-order valence-electron chi connectivity index (χ3n) is 3.01. The minimum Gasteiger partial charge on any atom is -0.444 e. The van der Waals surface area contributed by atoms with Gasteiger partial charge in [-0.05, 0) is 39.3 Å². The van der Waals surface area contributed by atoms with E-state index in [0.717, 1.165) is 6.42 Å². The maximum atomic E-state index is 12.4. The van der Waals surface area contributed by atoms with Crippen molar-refractivity contribution < 1.29 is 18.7 Å².